The summed E-state index contributed by atoms with van der Waals surface area (Å²) in [4.78, 5) is 2.16. The van der Waals surface area contributed by atoms with Gasteiger partial charge < -0.3 is 15.7 Å². The number of amidine groups is 1. The van der Waals surface area contributed by atoms with E-state index in [9.17, 15) is 4.39 Å². The molecule has 1 aliphatic heterocycles. The predicted molar refractivity (Wildman–Crippen MR) is 69.6 cm³/mol. The molecule has 1 aromatic rings. The topological polar surface area (TPSA) is 71.1 Å². The minimum atomic E-state index is -0.339. The molecule has 0 saturated carbocycles. The maximum absolute atomic E-state index is 14.0. The highest BCUT2D eigenvalue weighted by Crippen LogP contribution is 2.14. The van der Waals surface area contributed by atoms with Crippen LogP contribution in [0.3, 0.4) is 0 Å². The fraction of sp³-hybridized carbons (Fsp3) is 0.462. The van der Waals surface area contributed by atoms with Gasteiger partial charge in [-0.05, 0) is 12.5 Å². The van der Waals surface area contributed by atoms with E-state index in [2.05, 4.69) is 10.1 Å². The lowest BCUT2D eigenvalue weighted by atomic mass is 10.1. The molecule has 0 aliphatic carbocycles. The molecule has 1 heterocycles. The third kappa shape index (κ3) is 3.65. The molecule has 0 atom stereocenters. The number of hydrogen-bond acceptors (Lipinski definition) is 4. The fourth-order valence-electron chi connectivity index (χ4n) is 2.09. The Kier molecular flexibility index (Phi) is 4.70. The molecule has 0 spiro atoms. The van der Waals surface area contributed by atoms with Crippen LogP contribution >= 0.6 is 0 Å². The van der Waals surface area contributed by atoms with E-state index in [0.29, 0.717) is 24.3 Å². The standard InChI is InChI=1S/C13H18FN3O2/c14-12-8-10(13(15)16-18)2-3-11(12)9-17-4-1-6-19-7-5-17/h2-3,8,18H,1,4-7,9H2,(H2,15,16). The minimum Gasteiger partial charge on any atom is -0.409 e. The summed E-state index contributed by atoms with van der Waals surface area (Å²) in [6.07, 6.45) is 0.962. The van der Waals surface area contributed by atoms with Gasteiger partial charge in [0, 0.05) is 37.4 Å². The number of benzene rings is 1. The van der Waals surface area contributed by atoms with Crippen molar-refractivity contribution in [3.8, 4) is 0 Å². The van der Waals surface area contributed by atoms with Crippen LogP contribution in [0.15, 0.2) is 23.4 Å². The Labute approximate surface area is 111 Å². The molecular weight excluding hydrogens is 249 g/mol. The second-order valence-electron chi connectivity index (χ2n) is 4.53. The number of halogens is 1. The Morgan fingerprint density at radius 1 is 1.42 bits per heavy atom. The van der Waals surface area contributed by atoms with Gasteiger partial charge in [-0.2, -0.15) is 0 Å². The van der Waals surface area contributed by atoms with E-state index in [-0.39, 0.29) is 11.7 Å². The largest absolute Gasteiger partial charge is 0.409 e. The SMILES string of the molecule is NC(=NO)c1ccc(CN2CCCOCC2)c(F)c1. The van der Waals surface area contributed by atoms with Crippen molar-refractivity contribution in [3.05, 3.63) is 35.1 Å². The van der Waals surface area contributed by atoms with E-state index < -0.39 is 0 Å². The first kappa shape index (κ1) is 13.8. The molecule has 19 heavy (non-hydrogen) atoms. The summed E-state index contributed by atoms with van der Waals surface area (Å²) in [6, 6.07) is 4.62. The zero-order valence-electron chi connectivity index (χ0n) is 10.7. The van der Waals surface area contributed by atoms with E-state index in [0.717, 1.165) is 26.1 Å². The van der Waals surface area contributed by atoms with Crippen molar-refractivity contribution in [2.75, 3.05) is 26.3 Å². The van der Waals surface area contributed by atoms with Crippen LogP contribution in [0.1, 0.15) is 17.5 Å². The smallest absolute Gasteiger partial charge is 0.170 e. The van der Waals surface area contributed by atoms with Crippen molar-refractivity contribution < 1.29 is 14.3 Å². The molecular formula is C13H18FN3O2. The molecule has 5 nitrogen and oxygen atoms in total. The zero-order valence-corrected chi connectivity index (χ0v) is 10.7. The first-order valence-corrected chi connectivity index (χ1v) is 6.27. The lowest BCUT2D eigenvalue weighted by molar-refractivity contribution is 0.140. The van der Waals surface area contributed by atoms with E-state index >= 15 is 0 Å². The zero-order chi connectivity index (χ0) is 13.7. The molecule has 104 valence electrons. The van der Waals surface area contributed by atoms with Crippen LogP contribution in [-0.4, -0.2) is 42.2 Å². The van der Waals surface area contributed by atoms with Crippen LogP contribution in [0.4, 0.5) is 4.39 Å². The van der Waals surface area contributed by atoms with E-state index in [1.807, 2.05) is 0 Å². The number of oxime groups is 1. The van der Waals surface area contributed by atoms with Gasteiger partial charge in [-0.1, -0.05) is 17.3 Å². The van der Waals surface area contributed by atoms with Crippen LogP contribution in [0.25, 0.3) is 0 Å². The number of rotatable bonds is 3. The average Bonchev–Trinajstić information content (AvgIpc) is 2.68. The molecule has 0 unspecified atom stereocenters. The summed E-state index contributed by atoms with van der Waals surface area (Å²) in [7, 11) is 0. The van der Waals surface area contributed by atoms with Gasteiger partial charge in [-0.3, -0.25) is 4.90 Å². The maximum atomic E-state index is 14.0. The molecule has 1 fully saturated rings. The fourth-order valence-corrected chi connectivity index (χ4v) is 2.09. The molecule has 2 rings (SSSR count). The number of nitrogens with zero attached hydrogens (tertiary/aromatic N) is 2. The van der Waals surface area contributed by atoms with Crippen molar-refractivity contribution in [2.45, 2.75) is 13.0 Å². The third-order valence-electron chi connectivity index (χ3n) is 3.17. The minimum absolute atomic E-state index is 0.0892. The molecule has 3 N–H and O–H groups in total. The van der Waals surface area contributed by atoms with Gasteiger partial charge in [0.1, 0.15) is 5.82 Å². The molecule has 6 heteroatoms. The van der Waals surface area contributed by atoms with Crippen molar-refractivity contribution in [3.63, 3.8) is 0 Å². The molecule has 1 aromatic carbocycles. The Balaban J connectivity index is 2.08. The van der Waals surface area contributed by atoms with Crippen LogP contribution in [0, 0.1) is 5.82 Å². The summed E-state index contributed by atoms with van der Waals surface area (Å²) < 4.78 is 19.3. The van der Waals surface area contributed by atoms with Gasteiger partial charge in [-0.25, -0.2) is 4.39 Å². The first-order valence-electron chi connectivity index (χ1n) is 6.27. The van der Waals surface area contributed by atoms with E-state index in [4.69, 9.17) is 15.7 Å². The van der Waals surface area contributed by atoms with Crippen molar-refractivity contribution in [1.82, 2.24) is 4.90 Å². The molecule has 0 amide bonds. The highest BCUT2D eigenvalue weighted by molar-refractivity contribution is 5.97. The maximum Gasteiger partial charge on any atom is 0.170 e. The second-order valence-corrected chi connectivity index (χ2v) is 4.53. The van der Waals surface area contributed by atoms with Crippen molar-refractivity contribution >= 4 is 5.84 Å². The molecule has 0 aromatic heterocycles. The summed E-state index contributed by atoms with van der Waals surface area (Å²) in [6.45, 7) is 3.71. The van der Waals surface area contributed by atoms with E-state index in [1.165, 1.54) is 6.07 Å². The number of nitrogens with two attached hydrogens (primary N) is 1. The molecule has 0 radical (unpaired) electrons. The Hall–Kier alpha value is -1.66. The van der Waals surface area contributed by atoms with Gasteiger partial charge in [0.2, 0.25) is 0 Å². The molecule has 1 saturated heterocycles. The lowest BCUT2D eigenvalue weighted by Gasteiger charge is -2.19. The number of ether oxygens (including phenoxy) is 1. The van der Waals surface area contributed by atoms with Crippen LogP contribution < -0.4 is 5.73 Å². The Morgan fingerprint density at radius 3 is 3.00 bits per heavy atom. The highest BCUT2D eigenvalue weighted by atomic mass is 19.1. The van der Waals surface area contributed by atoms with Gasteiger partial charge in [0.15, 0.2) is 5.84 Å². The van der Waals surface area contributed by atoms with Gasteiger partial charge in [0.25, 0.3) is 0 Å². The van der Waals surface area contributed by atoms with Crippen molar-refractivity contribution in [1.29, 1.82) is 0 Å². The lowest BCUT2D eigenvalue weighted by Crippen LogP contribution is -2.26. The van der Waals surface area contributed by atoms with Crippen LogP contribution in [0.2, 0.25) is 0 Å². The van der Waals surface area contributed by atoms with E-state index in [1.54, 1.807) is 12.1 Å². The summed E-state index contributed by atoms with van der Waals surface area (Å²) in [5.41, 5.74) is 6.41. The first-order chi connectivity index (χ1) is 9.20. The Morgan fingerprint density at radius 2 is 2.26 bits per heavy atom. The quantitative estimate of drug-likeness (QED) is 0.373. The highest BCUT2D eigenvalue weighted by Gasteiger charge is 2.13. The number of hydrogen-bond donors (Lipinski definition) is 2. The summed E-state index contributed by atoms with van der Waals surface area (Å²) in [5, 5.41) is 11.4. The summed E-state index contributed by atoms with van der Waals surface area (Å²) >= 11 is 0. The van der Waals surface area contributed by atoms with Gasteiger partial charge in [-0.15, -0.1) is 0 Å². The molecule has 1 aliphatic rings. The average molecular weight is 267 g/mol. The molecule has 0 bridgehead atoms. The predicted octanol–water partition coefficient (Wildman–Crippen LogP) is 1.14. The van der Waals surface area contributed by atoms with Crippen molar-refractivity contribution in [2.24, 2.45) is 10.9 Å². The summed E-state index contributed by atoms with van der Waals surface area (Å²) in [5.74, 6) is -0.428. The monoisotopic (exact) mass is 267 g/mol. The Bertz CT molecular complexity index is 457. The van der Waals surface area contributed by atoms with Gasteiger partial charge in [0.05, 0.1) is 6.61 Å². The normalized spacial score (nSPS) is 18.3. The third-order valence-corrected chi connectivity index (χ3v) is 3.17. The van der Waals surface area contributed by atoms with Crippen LogP contribution in [-0.2, 0) is 11.3 Å². The van der Waals surface area contributed by atoms with Crippen LogP contribution in [0.5, 0.6) is 0 Å². The van der Waals surface area contributed by atoms with Gasteiger partial charge >= 0.3 is 0 Å². The second kappa shape index (κ2) is 6.49.